The maximum absolute atomic E-state index is 9.11. The third-order valence-corrected chi connectivity index (χ3v) is 3.53. The summed E-state index contributed by atoms with van der Waals surface area (Å²) in [7, 11) is 0. The average Bonchev–Trinajstić information content (AvgIpc) is 2.81. The number of nitriles is 1. The minimum atomic E-state index is 0.308. The molecule has 0 bridgehead atoms. The van der Waals surface area contributed by atoms with Crippen LogP contribution in [-0.4, -0.2) is 30.7 Å². The van der Waals surface area contributed by atoms with Gasteiger partial charge in [0.25, 0.3) is 6.01 Å². The van der Waals surface area contributed by atoms with E-state index in [2.05, 4.69) is 28.2 Å². The van der Waals surface area contributed by atoms with Crippen LogP contribution in [0.2, 0.25) is 5.02 Å². The second-order valence-corrected chi connectivity index (χ2v) is 5.09. The second kappa shape index (κ2) is 4.72. The number of anilines is 1. The molecule has 98 valence electrons. The standard InChI is InChI=1S/C13H13ClN4O/c1-8-7-16-2-3-18(8)13-17-11-5-10(14)4-9(6-15)12(11)19-13/h4-5,8,16H,2-3,7H2,1H3. The molecule has 0 saturated carbocycles. The summed E-state index contributed by atoms with van der Waals surface area (Å²) in [6.45, 7) is 4.74. The number of hydrogen-bond donors (Lipinski definition) is 1. The number of nitrogens with zero attached hydrogens (tertiary/aromatic N) is 3. The van der Waals surface area contributed by atoms with E-state index >= 15 is 0 Å². The molecule has 1 N–H and O–H groups in total. The van der Waals surface area contributed by atoms with Crippen LogP contribution in [0, 0.1) is 11.3 Å². The Morgan fingerprint density at radius 2 is 2.42 bits per heavy atom. The van der Waals surface area contributed by atoms with Gasteiger partial charge in [0.2, 0.25) is 0 Å². The summed E-state index contributed by atoms with van der Waals surface area (Å²) in [5, 5.41) is 12.9. The van der Waals surface area contributed by atoms with Gasteiger partial charge in [-0.25, -0.2) is 0 Å². The van der Waals surface area contributed by atoms with Crippen LogP contribution in [-0.2, 0) is 0 Å². The van der Waals surface area contributed by atoms with E-state index in [1.165, 1.54) is 0 Å². The van der Waals surface area contributed by atoms with E-state index in [0.717, 1.165) is 19.6 Å². The first-order valence-corrected chi connectivity index (χ1v) is 6.54. The smallest absolute Gasteiger partial charge is 0.298 e. The Hall–Kier alpha value is -1.77. The van der Waals surface area contributed by atoms with Gasteiger partial charge in [-0.2, -0.15) is 10.2 Å². The molecule has 1 aromatic heterocycles. The Kier molecular flexibility index (Phi) is 3.05. The number of hydrogen-bond acceptors (Lipinski definition) is 5. The first-order chi connectivity index (χ1) is 9.19. The molecule has 0 radical (unpaired) electrons. The van der Waals surface area contributed by atoms with E-state index < -0.39 is 0 Å². The zero-order valence-corrected chi connectivity index (χ0v) is 11.2. The minimum absolute atomic E-state index is 0.308. The molecule has 1 aliphatic heterocycles. The second-order valence-electron chi connectivity index (χ2n) is 4.66. The molecule has 1 saturated heterocycles. The van der Waals surface area contributed by atoms with Crippen LogP contribution >= 0.6 is 11.6 Å². The summed E-state index contributed by atoms with van der Waals surface area (Å²) in [6.07, 6.45) is 0. The molecule has 0 aliphatic carbocycles. The van der Waals surface area contributed by atoms with Gasteiger partial charge in [-0.1, -0.05) is 11.6 Å². The van der Waals surface area contributed by atoms with Gasteiger partial charge in [0.15, 0.2) is 5.58 Å². The third kappa shape index (κ3) is 2.14. The molecule has 19 heavy (non-hydrogen) atoms. The highest BCUT2D eigenvalue weighted by atomic mass is 35.5. The van der Waals surface area contributed by atoms with E-state index in [-0.39, 0.29) is 0 Å². The van der Waals surface area contributed by atoms with Gasteiger partial charge in [-0.15, -0.1) is 0 Å². The number of fused-ring (bicyclic) bond motifs is 1. The lowest BCUT2D eigenvalue weighted by atomic mass is 10.2. The molecule has 2 aromatic rings. The number of oxazole rings is 1. The van der Waals surface area contributed by atoms with E-state index in [0.29, 0.717) is 33.7 Å². The molecule has 1 atom stereocenters. The summed E-state index contributed by atoms with van der Waals surface area (Å²) in [4.78, 5) is 6.55. The molecule has 6 heteroatoms. The first kappa shape index (κ1) is 12.3. The van der Waals surface area contributed by atoms with Crippen LogP contribution in [0.3, 0.4) is 0 Å². The van der Waals surface area contributed by atoms with Crippen molar-refractivity contribution in [3.63, 3.8) is 0 Å². The Labute approximate surface area is 115 Å². The number of rotatable bonds is 1. The van der Waals surface area contributed by atoms with Crippen LogP contribution in [0.15, 0.2) is 16.5 Å². The first-order valence-electron chi connectivity index (χ1n) is 6.16. The van der Waals surface area contributed by atoms with Crippen molar-refractivity contribution in [3.8, 4) is 6.07 Å². The van der Waals surface area contributed by atoms with Gasteiger partial charge in [0.1, 0.15) is 11.6 Å². The van der Waals surface area contributed by atoms with Gasteiger partial charge in [0.05, 0.1) is 5.56 Å². The maximum Gasteiger partial charge on any atom is 0.298 e. The molecule has 5 nitrogen and oxygen atoms in total. The van der Waals surface area contributed by atoms with Crippen molar-refractivity contribution in [1.82, 2.24) is 10.3 Å². The van der Waals surface area contributed by atoms with Crippen LogP contribution < -0.4 is 10.2 Å². The fourth-order valence-electron chi connectivity index (χ4n) is 2.32. The molecule has 1 unspecified atom stereocenters. The average molecular weight is 277 g/mol. The van der Waals surface area contributed by atoms with Crippen LogP contribution in [0.25, 0.3) is 11.1 Å². The van der Waals surface area contributed by atoms with Crippen molar-refractivity contribution in [1.29, 1.82) is 5.26 Å². The van der Waals surface area contributed by atoms with Crippen molar-refractivity contribution in [2.75, 3.05) is 24.5 Å². The molecule has 1 aliphatic rings. The summed E-state index contributed by atoms with van der Waals surface area (Å²) in [5.74, 6) is 0. The SMILES string of the molecule is CC1CNCCN1c1nc2cc(Cl)cc(C#N)c2o1. The van der Waals surface area contributed by atoms with Gasteiger partial charge in [0, 0.05) is 30.7 Å². The molecule has 1 aromatic carbocycles. The van der Waals surface area contributed by atoms with Crippen molar-refractivity contribution in [3.05, 3.63) is 22.7 Å². The quantitative estimate of drug-likeness (QED) is 0.865. The Morgan fingerprint density at radius 3 is 3.16 bits per heavy atom. The van der Waals surface area contributed by atoms with Gasteiger partial charge in [-0.05, 0) is 19.1 Å². The van der Waals surface area contributed by atoms with E-state index in [1.807, 2.05) is 0 Å². The van der Waals surface area contributed by atoms with E-state index in [1.54, 1.807) is 12.1 Å². The molecular formula is C13H13ClN4O. The Bertz CT molecular complexity index is 660. The number of halogens is 1. The fourth-order valence-corrected chi connectivity index (χ4v) is 2.53. The number of aromatic nitrogens is 1. The molecule has 2 heterocycles. The van der Waals surface area contributed by atoms with Crippen molar-refractivity contribution in [2.45, 2.75) is 13.0 Å². The topological polar surface area (TPSA) is 65.1 Å². The summed E-state index contributed by atoms with van der Waals surface area (Å²) in [5.41, 5.74) is 1.56. The van der Waals surface area contributed by atoms with E-state index in [9.17, 15) is 0 Å². The molecule has 1 fully saturated rings. The van der Waals surface area contributed by atoms with Crippen molar-refractivity contribution in [2.24, 2.45) is 0 Å². The third-order valence-electron chi connectivity index (χ3n) is 3.31. The monoisotopic (exact) mass is 276 g/mol. The van der Waals surface area contributed by atoms with Gasteiger partial charge in [-0.3, -0.25) is 0 Å². The Morgan fingerprint density at radius 1 is 1.58 bits per heavy atom. The number of nitrogens with one attached hydrogen (secondary N) is 1. The molecule has 3 rings (SSSR count). The number of benzene rings is 1. The summed E-state index contributed by atoms with van der Waals surface area (Å²) in [6, 6.07) is 6.27. The largest absolute Gasteiger partial charge is 0.422 e. The maximum atomic E-state index is 9.11. The van der Waals surface area contributed by atoms with Crippen LogP contribution in [0.4, 0.5) is 6.01 Å². The van der Waals surface area contributed by atoms with Crippen LogP contribution in [0.1, 0.15) is 12.5 Å². The highest BCUT2D eigenvalue weighted by Gasteiger charge is 2.23. The zero-order chi connectivity index (χ0) is 13.4. The summed E-state index contributed by atoms with van der Waals surface area (Å²) < 4.78 is 5.76. The lowest BCUT2D eigenvalue weighted by Crippen LogP contribution is -2.50. The predicted molar refractivity (Wildman–Crippen MR) is 73.4 cm³/mol. The van der Waals surface area contributed by atoms with Gasteiger partial charge >= 0.3 is 0 Å². The molecular weight excluding hydrogens is 264 g/mol. The Balaban J connectivity index is 2.09. The van der Waals surface area contributed by atoms with E-state index in [4.69, 9.17) is 21.3 Å². The van der Waals surface area contributed by atoms with Crippen molar-refractivity contribution >= 4 is 28.7 Å². The highest BCUT2D eigenvalue weighted by Crippen LogP contribution is 2.28. The lowest BCUT2D eigenvalue weighted by molar-refractivity contribution is 0.456. The molecule has 0 spiro atoms. The van der Waals surface area contributed by atoms with Crippen molar-refractivity contribution < 1.29 is 4.42 Å². The lowest BCUT2D eigenvalue weighted by Gasteiger charge is -2.32. The van der Waals surface area contributed by atoms with Gasteiger partial charge < -0.3 is 14.6 Å². The number of piperazine rings is 1. The summed E-state index contributed by atoms with van der Waals surface area (Å²) >= 11 is 5.97. The fraction of sp³-hybridized carbons (Fsp3) is 0.385. The van der Waals surface area contributed by atoms with Crippen LogP contribution in [0.5, 0.6) is 0 Å². The normalized spacial score (nSPS) is 19.6. The zero-order valence-electron chi connectivity index (χ0n) is 10.5. The molecule has 0 amide bonds. The highest BCUT2D eigenvalue weighted by molar-refractivity contribution is 6.31. The predicted octanol–water partition coefficient (Wildman–Crippen LogP) is 2.15. The minimum Gasteiger partial charge on any atom is -0.422 e.